The van der Waals surface area contributed by atoms with Gasteiger partial charge in [0.15, 0.2) is 0 Å². The van der Waals surface area contributed by atoms with Crippen molar-refractivity contribution in [1.29, 1.82) is 0 Å². The van der Waals surface area contributed by atoms with Gasteiger partial charge >= 0.3 is 0 Å². The summed E-state index contributed by atoms with van der Waals surface area (Å²) in [6, 6.07) is 0. The average Bonchev–Trinajstić information content (AvgIpc) is 1.86. The quantitative estimate of drug-likeness (QED) is 0.585. The van der Waals surface area contributed by atoms with E-state index < -0.39 is 0 Å². The van der Waals surface area contributed by atoms with Crippen LogP contribution < -0.4 is 0 Å². The van der Waals surface area contributed by atoms with Crippen molar-refractivity contribution >= 4 is 11.3 Å². The molecule has 0 fully saturated rings. The van der Waals surface area contributed by atoms with Gasteiger partial charge in [0.1, 0.15) is 0 Å². The summed E-state index contributed by atoms with van der Waals surface area (Å²) in [6.45, 7) is 1.98. The second kappa shape index (κ2) is 3.31. The number of rotatable bonds is 0. The molecule has 3 heteroatoms. The summed E-state index contributed by atoms with van der Waals surface area (Å²) in [6.07, 6.45) is 0. The fourth-order valence-corrected chi connectivity index (χ4v) is 0.819. The van der Waals surface area contributed by atoms with E-state index in [0.29, 0.717) is 0 Å². The van der Waals surface area contributed by atoms with Crippen LogP contribution in [0.4, 0.5) is 0 Å². The minimum absolute atomic E-state index is 0. The predicted octanol–water partition coefficient (Wildman–Crippen LogP) is 1.45. The minimum Gasteiger partial charge on any atom is -0.250 e. The smallest absolute Gasteiger partial charge is 0.0794 e. The van der Waals surface area contributed by atoms with Gasteiger partial charge in [-0.3, -0.25) is 4.98 Å². The molecule has 1 nitrogen and oxygen atoms in total. The third-order valence-corrected chi connectivity index (χ3v) is 1.26. The number of aromatic nitrogens is 1. The van der Waals surface area contributed by atoms with E-state index in [9.17, 15) is 0 Å². The SMILES string of the molecule is Cc1cscn1.[Pd]. The van der Waals surface area contributed by atoms with Gasteiger partial charge in [0, 0.05) is 31.5 Å². The van der Waals surface area contributed by atoms with Crippen molar-refractivity contribution in [3.8, 4) is 0 Å². The molecule has 1 aromatic rings. The van der Waals surface area contributed by atoms with Crippen molar-refractivity contribution in [2.45, 2.75) is 6.92 Å². The molecule has 0 spiro atoms. The molecular formula is C4H5NPdS. The zero-order chi connectivity index (χ0) is 4.41. The Labute approximate surface area is 60.4 Å². The summed E-state index contributed by atoms with van der Waals surface area (Å²) in [5.41, 5.74) is 2.94. The van der Waals surface area contributed by atoms with Crippen LogP contribution in [0.3, 0.4) is 0 Å². The first-order valence-electron chi connectivity index (χ1n) is 1.74. The molecule has 0 N–H and O–H groups in total. The second-order valence-electron chi connectivity index (χ2n) is 1.13. The molecule has 1 heterocycles. The second-order valence-corrected chi connectivity index (χ2v) is 1.85. The Kier molecular flexibility index (Phi) is 3.45. The summed E-state index contributed by atoms with van der Waals surface area (Å²) < 4.78 is 0. The Balaban J connectivity index is 0.000000360. The molecule has 1 aromatic heterocycles. The molecule has 0 aliphatic carbocycles. The number of aryl methyl sites for hydroxylation is 1. The van der Waals surface area contributed by atoms with E-state index in [1.54, 1.807) is 11.3 Å². The topological polar surface area (TPSA) is 12.9 Å². The summed E-state index contributed by atoms with van der Waals surface area (Å²) in [5, 5.41) is 2.01. The number of thiazole rings is 1. The van der Waals surface area contributed by atoms with E-state index in [1.807, 2.05) is 17.8 Å². The molecular weight excluding hydrogens is 201 g/mol. The molecule has 0 bridgehead atoms. The van der Waals surface area contributed by atoms with E-state index >= 15 is 0 Å². The third-order valence-electron chi connectivity index (χ3n) is 0.556. The van der Waals surface area contributed by atoms with Crippen LogP contribution in [-0.2, 0) is 20.4 Å². The van der Waals surface area contributed by atoms with Gasteiger partial charge in [-0.25, -0.2) is 0 Å². The Morgan fingerprint density at radius 3 is 2.57 bits per heavy atom. The summed E-state index contributed by atoms with van der Waals surface area (Å²) in [5.74, 6) is 0. The van der Waals surface area contributed by atoms with Gasteiger partial charge in [-0.2, -0.15) is 0 Å². The van der Waals surface area contributed by atoms with Gasteiger partial charge in [0.05, 0.1) is 5.51 Å². The van der Waals surface area contributed by atoms with E-state index in [4.69, 9.17) is 0 Å². The van der Waals surface area contributed by atoms with E-state index in [2.05, 4.69) is 4.98 Å². The van der Waals surface area contributed by atoms with Gasteiger partial charge in [-0.15, -0.1) is 11.3 Å². The minimum atomic E-state index is 0. The van der Waals surface area contributed by atoms with Crippen LogP contribution in [0.5, 0.6) is 0 Å². The van der Waals surface area contributed by atoms with Crippen molar-refractivity contribution < 1.29 is 20.4 Å². The van der Waals surface area contributed by atoms with Gasteiger partial charge in [0.2, 0.25) is 0 Å². The van der Waals surface area contributed by atoms with Crippen LogP contribution in [0.15, 0.2) is 10.9 Å². The van der Waals surface area contributed by atoms with Gasteiger partial charge in [-0.05, 0) is 6.92 Å². The number of hydrogen-bond donors (Lipinski definition) is 0. The molecule has 7 heavy (non-hydrogen) atoms. The first kappa shape index (κ1) is 7.29. The van der Waals surface area contributed by atoms with Crippen LogP contribution in [0.25, 0.3) is 0 Å². The fourth-order valence-electron chi connectivity index (χ4n) is 0.273. The Hall–Kier alpha value is 0.292. The fraction of sp³-hybridized carbons (Fsp3) is 0.250. The number of hydrogen-bond acceptors (Lipinski definition) is 2. The maximum Gasteiger partial charge on any atom is 0.0794 e. The molecule has 0 amide bonds. The third kappa shape index (κ3) is 2.18. The number of nitrogens with zero attached hydrogens (tertiary/aromatic N) is 1. The molecule has 0 saturated heterocycles. The first-order valence-corrected chi connectivity index (χ1v) is 2.68. The van der Waals surface area contributed by atoms with Gasteiger partial charge in [0.25, 0.3) is 0 Å². The summed E-state index contributed by atoms with van der Waals surface area (Å²) in [4.78, 5) is 3.94. The van der Waals surface area contributed by atoms with Crippen LogP contribution in [0.2, 0.25) is 0 Å². The van der Waals surface area contributed by atoms with Crippen molar-refractivity contribution in [1.82, 2.24) is 4.98 Å². The van der Waals surface area contributed by atoms with Crippen LogP contribution in [0.1, 0.15) is 5.69 Å². The standard InChI is InChI=1S/C4H5NS.Pd/c1-4-2-6-3-5-4;/h2-3H,1H3;. The van der Waals surface area contributed by atoms with Crippen molar-refractivity contribution in [2.75, 3.05) is 0 Å². The monoisotopic (exact) mass is 205 g/mol. The molecule has 0 aliphatic rings. The molecule has 0 saturated carbocycles. The Morgan fingerprint density at radius 2 is 2.43 bits per heavy atom. The maximum absolute atomic E-state index is 3.94. The first-order chi connectivity index (χ1) is 2.89. The van der Waals surface area contributed by atoms with Crippen LogP contribution in [-0.4, -0.2) is 4.98 Å². The zero-order valence-corrected chi connectivity index (χ0v) is 6.20. The van der Waals surface area contributed by atoms with Crippen molar-refractivity contribution in [3.05, 3.63) is 16.6 Å². The largest absolute Gasteiger partial charge is 0.250 e. The molecule has 0 atom stereocenters. The van der Waals surface area contributed by atoms with E-state index in [1.165, 1.54) is 0 Å². The van der Waals surface area contributed by atoms with Crippen molar-refractivity contribution in [2.24, 2.45) is 0 Å². The maximum atomic E-state index is 3.94. The zero-order valence-electron chi connectivity index (χ0n) is 3.83. The molecule has 0 aromatic carbocycles. The normalized spacial score (nSPS) is 7.57. The van der Waals surface area contributed by atoms with Crippen molar-refractivity contribution in [3.63, 3.8) is 0 Å². The molecule has 0 radical (unpaired) electrons. The predicted molar refractivity (Wildman–Crippen MR) is 26.9 cm³/mol. The molecule has 0 unspecified atom stereocenters. The summed E-state index contributed by atoms with van der Waals surface area (Å²) >= 11 is 1.63. The van der Waals surface area contributed by atoms with Gasteiger partial charge in [-0.1, -0.05) is 0 Å². The molecule has 1 rings (SSSR count). The average molecular weight is 206 g/mol. The molecule has 0 aliphatic heterocycles. The van der Waals surface area contributed by atoms with Crippen LogP contribution >= 0.6 is 11.3 Å². The van der Waals surface area contributed by atoms with Gasteiger partial charge < -0.3 is 0 Å². The Bertz CT molecular complexity index is 115. The Morgan fingerprint density at radius 1 is 1.71 bits per heavy atom. The van der Waals surface area contributed by atoms with E-state index in [-0.39, 0.29) is 20.4 Å². The summed E-state index contributed by atoms with van der Waals surface area (Å²) in [7, 11) is 0. The van der Waals surface area contributed by atoms with E-state index in [0.717, 1.165) is 5.69 Å². The van der Waals surface area contributed by atoms with Crippen LogP contribution in [0, 0.1) is 6.92 Å². The molecule has 42 valence electrons.